The number of aromatic nitrogens is 2. The predicted octanol–water partition coefficient (Wildman–Crippen LogP) is 4.20. The van der Waals surface area contributed by atoms with Crippen molar-refractivity contribution >= 4 is 23.6 Å². The fourth-order valence-corrected chi connectivity index (χ4v) is 2.92. The lowest BCUT2D eigenvalue weighted by Crippen LogP contribution is -2.23. The molecule has 140 valence electrons. The zero-order chi connectivity index (χ0) is 20.1. The van der Waals surface area contributed by atoms with E-state index in [2.05, 4.69) is 10.4 Å². The van der Waals surface area contributed by atoms with Crippen molar-refractivity contribution < 1.29 is 9.18 Å². The summed E-state index contributed by atoms with van der Waals surface area (Å²) < 4.78 is 14.6. The van der Waals surface area contributed by atoms with Gasteiger partial charge in [-0.3, -0.25) is 4.79 Å². The van der Waals surface area contributed by atoms with Gasteiger partial charge in [0.2, 0.25) is 0 Å². The minimum atomic E-state index is -0.503. The normalized spacial score (nSPS) is 11.1. The third kappa shape index (κ3) is 4.27. The molecule has 0 radical (unpaired) electrons. The summed E-state index contributed by atoms with van der Waals surface area (Å²) in [7, 11) is 0. The van der Waals surface area contributed by atoms with E-state index in [1.807, 2.05) is 36.4 Å². The largest absolute Gasteiger partial charge is 0.347 e. The van der Waals surface area contributed by atoms with E-state index in [0.717, 1.165) is 5.56 Å². The van der Waals surface area contributed by atoms with Crippen LogP contribution in [0.2, 0.25) is 5.15 Å². The van der Waals surface area contributed by atoms with Crippen LogP contribution in [0, 0.1) is 24.1 Å². The first kappa shape index (κ1) is 19.3. The number of amides is 1. The van der Waals surface area contributed by atoms with E-state index in [1.165, 1.54) is 22.9 Å². The maximum Gasteiger partial charge on any atom is 0.262 e. The molecule has 1 N–H and O–H groups in total. The second-order valence-electron chi connectivity index (χ2n) is 6.02. The number of rotatable bonds is 5. The van der Waals surface area contributed by atoms with E-state index in [-0.39, 0.29) is 16.5 Å². The highest BCUT2D eigenvalue weighted by atomic mass is 35.5. The third-order valence-corrected chi connectivity index (χ3v) is 4.43. The highest BCUT2D eigenvalue weighted by Gasteiger charge is 2.16. The van der Waals surface area contributed by atoms with Crippen LogP contribution in [0.3, 0.4) is 0 Å². The molecule has 0 saturated carbocycles. The van der Waals surface area contributed by atoms with Crippen molar-refractivity contribution in [2.24, 2.45) is 0 Å². The molecule has 7 heteroatoms. The van der Waals surface area contributed by atoms with Crippen molar-refractivity contribution in [3.8, 4) is 11.8 Å². The van der Waals surface area contributed by atoms with Gasteiger partial charge in [-0.1, -0.05) is 41.9 Å². The average molecular weight is 395 g/mol. The number of carbonyl (C=O) groups excluding carboxylic acids is 1. The summed E-state index contributed by atoms with van der Waals surface area (Å²) in [5, 5.41) is 16.7. The molecule has 2 aromatic carbocycles. The lowest BCUT2D eigenvalue weighted by atomic mass is 10.1. The smallest absolute Gasteiger partial charge is 0.262 e. The molecule has 0 bridgehead atoms. The fraction of sp³-hybridized carbons (Fsp3) is 0.0952. The summed E-state index contributed by atoms with van der Waals surface area (Å²) in [6, 6.07) is 17.0. The minimum absolute atomic E-state index is 0.0837. The summed E-state index contributed by atoms with van der Waals surface area (Å²) in [4.78, 5) is 12.4. The van der Waals surface area contributed by atoms with Crippen LogP contribution in [-0.2, 0) is 11.3 Å². The quantitative estimate of drug-likeness (QED) is 0.521. The van der Waals surface area contributed by atoms with E-state index in [9.17, 15) is 14.4 Å². The van der Waals surface area contributed by atoms with Crippen LogP contribution in [0.15, 0.2) is 60.2 Å². The lowest BCUT2D eigenvalue weighted by Gasteiger charge is -2.05. The summed E-state index contributed by atoms with van der Waals surface area (Å²) in [6.07, 6.45) is 1.41. The molecule has 0 aliphatic rings. The molecule has 5 nitrogen and oxygen atoms in total. The lowest BCUT2D eigenvalue weighted by molar-refractivity contribution is -0.117. The van der Waals surface area contributed by atoms with Crippen LogP contribution < -0.4 is 5.32 Å². The third-order valence-electron chi connectivity index (χ3n) is 4.07. The van der Waals surface area contributed by atoms with Gasteiger partial charge in [0.1, 0.15) is 22.6 Å². The second kappa shape index (κ2) is 8.51. The van der Waals surface area contributed by atoms with Gasteiger partial charge in [0.15, 0.2) is 0 Å². The van der Waals surface area contributed by atoms with Crippen molar-refractivity contribution in [2.75, 3.05) is 0 Å². The van der Waals surface area contributed by atoms with Gasteiger partial charge in [-0.2, -0.15) is 10.4 Å². The Hall–Kier alpha value is -3.43. The molecule has 0 atom stereocenters. The van der Waals surface area contributed by atoms with Gasteiger partial charge in [-0.05, 0) is 42.8 Å². The number of benzene rings is 2. The minimum Gasteiger partial charge on any atom is -0.347 e. The van der Waals surface area contributed by atoms with Gasteiger partial charge >= 0.3 is 0 Å². The predicted molar refractivity (Wildman–Crippen MR) is 105 cm³/mol. The van der Waals surface area contributed by atoms with Gasteiger partial charge < -0.3 is 5.32 Å². The summed E-state index contributed by atoms with van der Waals surface area (Å²) in [6.45, 7) is 2.02. The number of nitriles is 1. The Labute approximate surface area is 166 Å². The molecule has 0 aliphatic carbocycles. The molecule has 0 aliphatic heterocycles. The summed E-state index contributed by atoms with van der Waals surface area (Å²) in [5.74, 6) is -0.873. The molecule has 1 heterocycles. The molecule has 1 amide bonds. The standard InChI is InChI=1S/C21H16ClFN4O/c1-14-19(20(22)27(26-14)18-9-7-17(23)8-10-18)11-16(12-24)21(28)25-13-15-5-3-2-4-6-15/h2-11H,13H2,1H3,(H,25,28)/b16-11+. The van der Waals surface area contributed by atoms with E-state index < -0.39 is 5.91 Å². The van der Waals surface area contributed by atoms with E-state index in [0.29, 0.717) is 23.5 Å². The van der Waals surface area contributed by atoms with Crippen LogP contribution in [0.1, 0.15) is 16.8 Å². The fourth-order valence-electron chi connectivity index (χ4n) is 2.59. The Morgan fingerprint density at radius 2 is 1.93 bits per heavy atom. The Bertz CT molecular complexity index is 1070. The Kier molecular flexibility index (Phi) is 5.87. The topological polar surface area (TPSA) is 70.7 Å². The number of nitrogens with zero attached hydrogens (tertiary/aromatic N) is 3. The van der Waals surface area contributed by atoms with E-state index in [4.69, 9.17) is 11.6 Å². The highest BCUT2D eigenvalue weighted by molar-refractivity contribution is 6.31. The molecule has 0 saturated heterocycles. The van der Waals surface area contributed by atoms with Crippen molar-refractivity contribution in [3.63, 3.8) is 0 Å². The second-order valence-corrected chi connectivity index (χ2v) is 6.37. The molecule has 28 heavy (non-hydrogen) atoms. The van der Waals surface area contributed by atoms with Crippen LogP contribution >= 0.6 is 11.6 Å². The molecular weight excluding hydrogens is 379 g/mol. The van der Waals surface area contributed by atoms with Crippen molar-refractivity contribution in [1.29, 1.82) is 5.26 Å². The van der Waals surface area contributed by atoms with Gasteiger partial charge in [0.05, 0.1) is 11.4 Å². The summed E-state index contributed by atoms with van der Waals surface area (Å²) in [5.41, 5.74) is 2.41. The van der Waals surface area contributed by atoms with E-state index >= 15 is 0 Å². The zero-order valence-electron chi connectivity index (χ0n) is 15.0. The Morgan fingerprint density at radius 3 is 2.57 bits per heavy atom. The Balaban J connectivity index is 1.85. The van der Waals surface area contributed by atoms with Gasteiger partial charge in [0, 0.05) is 12.1 Å². The molecule has 0 unspecified atom stereocenters. The maximum absolute atomic E-state index is 13.1. The maximum atomic E-state index is 13.1. The molecule has 0 fully saturated rings. The zero-order valence-corrected chi connectivity index (χ0v) is 15.7. The van der Waals surface area contributed by atoms with Crippen molar-refractivity contribution in [3.05, 3.63) is 88.0 Å². The van der Waals surface area contributed by atoms with Crippen LogP contribution in [0.25, 0.3) is 11.8 Å². The average Bonchev–Trinajstić information content (AvgIpc) is 2.99. The first-order valence-corrected chi connectivity index (χ1v) is 8.82. The number of nitrogens with one attached hydrogen (secondary N) is 1. The van der Waals surface area contributed by atoms with E-state index in [1.54, 1.807) is 19.1 Å². The molecular formula is C21H16ClFN4O. The molecule has 3 aromatic rings. The van der Waals surface area contributed by atoms with Crippen molar-refractivity contribution in [2.45, 2.75) is 13.5 Å². The number of aryl methyl sites for hydroxylation is 1. The first-order valence-electron chi connectivity index (χ1n) is 8.44. The highest BCUT2D eigenvalue weighted by Crippen LogP contribution is 2.26. The van der Waals surface area contributed by atoms with Gasteiger partial charge in [-0.15, -0.1) is 0 Å². The number of halogens is 2. The molecule has 1 aromatic heterocycles. The van der Waals surface area contributed by atoms with Crippen molar-refractivity contribution in [1.82, 2.24) is 15.1 Å². The Morgan fingerprint density at radius 1 is 1.25 bits per heavy atom. The first-order chi connectivity index (χ1) is 13.5. The number of carbonyl (C=O) groups is 1. The summed E-state index contributed by atoms with van der Waals surface area (Å²) >= 11 is 6.40. The van der Waals surface area contributed by atoms with Gasteiger partial charge in [0.25, 0.3) is 5.91 Å². The monoisotopic (exact) mass is 394 g/mol. The number of hydrogen-bond donors (Lipinski definition) is 1. The molecule has 0 spiro atoms. The van der Waals surface area contributed by atoms with Crippen LogP contribution in [-0.4, -0.2) is 15.7 Å². The molecule has 3 rings (SSSR count). The van der Waals surface area contributed by atoms with Crippen LogP contribution in [0.5, 0.6) is 0 Å². The SMILES string of the molecule is Cc1nn(-c2ccc(F)cc2)c(Cl)c1/C=C(\C#N)C(=O)NCc1ccccc1. The van der Waals surface area contributed by atoms with Gasteiger partial charge in [-0.25, -0.2) is 9.07 Å². The van der Waals surface area contributed by atoms with Crippen LogP contribution in [0.4, 0.5) is 4.39 Å². The number of hydrogen-bond acceptors (Lipinski definition) is 3.